The number of anilines is 1. The van der Waals surface area contributed by atoms with Crippen LogP contribution in [0.2, 0.25) is 0 Å². The summed E-state index contributed by atoms with van der Waals surface area (Å²) in [4.78, 5) is 33.6. The molecule has 172 valence electrons. The molecule has 0 radical (unpaired) electrons. The molecule has 2 amide bonds. The molecule has 8 nitrogen and oxygen atoms in total. The first-order valence-corrected chi connectivity index (χ1v) is 11.5. The number of aromatic nitrogens is 1. The van der Waals surface area contributed by atoms with E-state index in [9.17, 15) is 9.59 Å². The fourth-order valence-corrected chi connectivity index (χ4v) is 4.43. The minimum absolute atomic E-state index is 0.0315. The van der Waals surface area contributed by atoms with Gasteiger partial charge in [-0.3, -0.25) is 14.5 Å². The first-order chi connectivity index (χ1) is 16.1. The third kappa shape index (κ3) is 5.50. The van der Waals surface area contributed by atoms with E-state index in [1.807, 2.05) is 57.6 Å². The maximum Gasteiger partial charge on any atom is 0.253 e. The van der Waals surface area contributed by atoms with Crippen molar-refractivity contribution in [2.24, 2.45) is 0 Å². The van der Waals surface area contributed by atoms with E-state index in [2.05, 4.69) is 10.3 Å². The van der Waals surface area contributed by atoms with Crippen molar-refractivity contribution < 1.29 is 19.1 Å². The average molecular weight is 467 g/mol. The predicted molar refractivity (Wildman–Crippen MR) is 128 cm³/mol. The molecule has 1 N–H and O–H groups in total. The molecule has 0 atom stereocenters. The molecule has 1 aromatic heterocycles. The Morgan fingerprint density at radius 2 is 1.79 bits per heavy atom. The van der Waals surface area contributed by atoms with Crippen molar-refractivity contribution >= 4 is 28.3 Å². The van der Waals surface area contributed by atoms with Crippen LogP contribution >= 0.6 is 11.3 Å². The van der Waals surface area contributed by atoms with E-state index in [4.69, 9.17) is 9.47 Å². The van der Waals surface area contributed by atoms with Crippen molar-refractivity contribution in [1.82, 2.24) is 14.8 Å². The van der Waals surface area contributed by atoms with E-state index in [0.717, 1.165) is 11.3 Å². The number of hydrogen-bond acceptors (Lipinski definition) is 7. The monoisotopic (exact) mass is 466 g/mol. The van der Waals surface area contributed by atoms with Crippen LogP contribution in [0.15, 0.2) is 53.9 Å². The quantitative estimate of drug-likeness (QED) is 0.576. The highest BCUT2D eigenvalue weighted by atomic mass is 32.1. The smallest absolute Gasteiger partial charge is 0.253 e. The van der Waals surface area contributed by atoms with Gasteiger partial charge < -0.3 is 19.7 Å². The Hall–Kier alpha value is -3.43. The summed E-state index contributed by atoms with van der Waals surface area (Å²) in [5.74, 6) is 1.26. The van der Waals surface area contributed by atoms with E-state index in [-0.39, 0.29) is 18.4 Å². The number of hydrogen-bond donors (Lipinski definition) is 1. The molecule has 1 fully saturated rings. The SMILES string of the molecule is COc1ccc(-c2csc(NC(=O)CN3CCN(C(=O)c4ccccc4)CC3)n2)c(OC)c1. The number of thiazole rings is 1. The van der Waals surface area contributed by atoms with Gasteiger partial charge in [0.25, 0.3) is 5.91 Å². The van der Waals surface area contributed by atoms with Crippen molar-refractivity contribution in [2.75, 3.05) is 52.3 Å². The molecule has 1 aliphatic rings. The normalized spacial score (nSPS) is 14.1. The molecule has 0 aliphatic carbocycles. The van der Waals surface area contributed by atoms with Crippen LogP contribution in [0.4, 0.5) is 5.13 Å². The van der Waals surface area contributed by atoms with Gasteiger partial charge in [0.05, 0.1) is 26.5 Å². The molecule has 0 saturated carbocycles. The lowest BCUT2D eigenvalue weighted by atomic mass is 10.1. The van der Waals surface area contributed by atoms with Crippen molar-refractivity contribution in [1.29, 1.82) is 0 Å². The van der Waals surface area contributed by atoms with Gasteiger partial charge in [-0.05, 0) is 24.3 Å². The fraction of sp³-hybridized carbons (Fsp3) is 0.292. The van der Waals surface area contributed by atoms with Crippen LogP contribution in [0.5, 0.6) is 11.5 Å². The second-order valence-corrected chi connectivity index (χ2v) is 8.44. The number of carbonyl (C=O) groups is 2. The molecule has 0 spiro atoms. The van der Waals surface area contributed by atoms with Crippen molar-refractivity contribution in [3.63, 3.8) is 0 Å². The third-order valence-corrected chi connectivity index (χ3v) is 6.24. The van der Waals surface area contributed by atoms with Crippen LogP contribution in [-0.4, -0.2) is 73.5 Å². The Bertz CT molecular complexity index is 1110. The van der Waals surface area contributed by atoms with Crippen LogP contribution < -0.4 is 14.8 Å². The first-order valence-electron chi connectivity index (χ1n) is 10.6. The number of rotatable bonds is 7. The lowest BCUT2D eigenvalue weighted by Crippen LogP contribution is -2.50. The minimum atomic E-state index is -0.125. The second kappa shape index (κ2) is 10.5. The zero-order chi connectivity index (χ0) is 23.2. The van der Waals surface area contributed by atoms with Crippen LogP contribution in [0.1, 0.15) is 10.4 Å². The van der Waals surface area contributed by atoms with Crippen LogP contribution in [-0.2, 0) is 4.79 Å². The zero-order valence-corrected chi connectivity index (χ0v) is 19.4. The van der Waals surface area contributed by atoms with Crippen molar-refractivity contribution in [3.8, 4) is 22.8 Å². The maximum absolute atomic E-state index is 12.6. The first kappa shape index (κ1) is 22.8. The summed E-state index contributed by atoms with van der Waals surface area (Å²) in [6.45, 7) is 2.75. The van der Waals surface area contributed by atoms with Crippen molar-refractivity contribution in [3.05, 3.63) is 59.5 Å². The highest BCUT2D eigenvalue weighted by Gasteiger charge is 2.23. The topological polar surface area (TPSA) is 84.0 Å². The standard InChI is InChI=1S/C24H26N4O4S/c1-31-18-8-9-19(21(14-18)32-2)20-16-33-24(25-20)26-22(29)15-27-10-12-28(13-11-27)23(30)17-6-4-3-5-7-17/h3-9,14,16H,10-13,15H2,1-2H3,(H,25,26,29). The number of amides is 2. The summed E-state index contributed by atoms with van der Waals surface area (Å²) in [5.41, 5.74) is 2.24. The molecule has 33 heavy (non-hydrogen) atoms. The number of benzene rings is 2. The maximum atomic E-state index is 12.6. The number of ether oxygens (including phenoxy) is 2. The number of methoxy groups -OCH3 is 2. The second-order valence-electron chi connectivity index (χ2n) is 7.59. The molecule has 9 heteroatoms. The molecule has 1 saturated heterocycles. The number of piperazine rings is 1. The van der Waals surface area contributed by atoms with Gasteiger partial charge in [-0.1, -0.05) is 18.2 Å². The summed E-state index contributed by atoms with van der Waals surface area (Å²) >= 11 is 1.36. The summed E-state index contributed by atoms with van der Waals surface area (Å²) < 4.78 is 10.7. The number of carbonyl (C=O) groups excluding carboxylic acids is 2. The fourth-order valence-electron chi connectivity index (χ4n) is 3.70. The number of nitrogens with one attached hydrogen (secondary N) is 1. The van der Waals surface area contributed by atoms with Crippen LogP contribution in [0.25, 0.3) is 11.3 Å². The zero-order valence-electron chi connectivity index (χ0n) is 18.6. The number of nitrogens with zero attached hydrogens (tertiary/aromatic N) is 3. The van der Waals surface area contributed by atoms with Gasteiger partial charge >= 0.3 is 0 Å². The highest BCUT2D eigenvalue weighted by Crippen LogP contribution is 2.34. The molecule has 4 rings (SSSR count). The van der Waals surface area contributed by atoms with Gasteiger partial charge in [0.15, 0.2) is 5.13 Å². The van der Waals surface area contributed by atoms with Crippen LogP contribution in [0.3, 0.4) is 0 Å². The molecule has 3 aromatic rings. The van der Waals surface area contributed by atoms with E-state index in [1.165, 1.54) is 11.3 Å². The summed E-state index contributed by atoms with van der Waals surface area (Å²) in [6.07, 6.45) is 0. The Morgan fingerprint density at radius 1 is 1.03 bits per heavy atom. The Kier molecular flexibility index (Phi) is 7.21. The van der Waals surface area contributed by atoms with Gasteiger partial charge in [-0.25, -0.2) is 4.98 Å². The molecule has 2 heterocycles. The summed E-state index contributed by atoms with van der Waals surface area (Å²) in [6, 6.07) is 14.8. The van der Waals surface area contributed by atoms with Gasteiger partial charge in [0, 0.05) is 48.8 Å². The largest absolute Gasteiger partial charge is 0.497 e. The van der Waals surface area contributed by atoms with Gasteiger partial charge in [-0.15, -0.1) is 11.3 Å². The summed E-state index contributed by atoms with van der Waals surface area (Å²) in [5, 5.41) is 5.30. The summed E-state index contributed by atoms with van der Waals surface area (Å²) in [7, 11) is 3.20. The third-order valence-electron chi connectivity index (χ3n) is 5.48. The van der Waals surface area contributed by atoms with Gasteiger partial charge in [0.2, 0.25) is 5.91 Å². The molecular weight excluding hydrogens is 440 g/mol. The van der Waals surface area contributed by atoms with Crippen LogP contribution in [0, 0.1) is 0 Å². The highest BCUT2D eigenvalue weighted by molar-refractivity contribution is 7.14. The Morgan fingerprint density at radius 3 is 2.48 bits per heavy atom. The average Bonchev–Trinajstić information content (AvgIpc) is 3.32. The molecule has 0 unspecified atom stereocenters. The van der Waals surface area contributed by atoms with E-state index in [0.29, 0.717) is 48.4 Å². The lowest BCUT2D eigenvalue weighted by molar-refractivity contribution is -0.117. The molecule has 1 aliphatic heterocycles. The van der Waals surface area contributed by atoms with Gasteiger partial charge in [0.1, 0.15) is 11.5 Å². The molecular formula is C24H26N4O4S. The molecule has 0 bridgehead atoms. The van der Waals surface area contributed by atoms with Gasteiger partial charge in [-0.2, -0.15) is 0 Å². The Balaban J connectivity index is 1.30. The van der Waals surface area contributed by atoms with E-state index < -0.39 is 0 Å². The minimum Gasteiger partial charge on any atom is -0.497 e. The lowest BCUT2D eigenvalue weighted by Gasteiger charge is -2.34. The van der Waals surface area contributed by atoms with E-state index >= 15 is 0 Å². The van der Waals surface area contributed by atoms with E-state index in [1.54, 1.807) is 20.3 Å². The van der Waals surface area contributed by atoms with Crippen molar-refractivity contribution in [2.45, 2.75) is 0 Å². The Labute approximate surface area is 196 Å². The predicted octanol–water partition coefficient (Wildman–Crippen LogP) is 3.22. The molecule has 2 aromatic carbocycles.